The number of aromatic nitrogens is 6. The summed E-state index contributed by atoms with van der Waals surface area (Å²) in [7, 11) is 0. The maximum atomic E-state index is 14.0. The molecule has 0 N–H and O–H groups in total. The average molecular weight is 534 g/mol. The Morgan fingerprint density at radius 3 is 0.795 bits per heavy atom. The number of benzene rings is 3. The van der Waals surface area contributed by atoms with E-state index in [-0.39, 0.29) is 33.8 Å². The van der Waals surface area contributed by atoms with Crippen molar-refractivity contribution in [3.63, 3.8) is 0 Å². The molecule has 0 spiro atoms. The van der Waals surface area contributed by atoms with E-state index in [1.807, 2.05) is 0 Å². The topological polar surface area (TPSA) is 51.9 Å². The van der Waals surface area contributed by atoms with Gasteiger partial charge in [0.05, 0.1) is 17.1 Å². The average Bonchev–Trinajstić information content (AvgIpc) is 3.58. The van der Waals surface area contributed by atoms with Crippen LogP contribution >= 0.6 is 0 Å². The standard InChI is InChI=1S/C27H12F6N6/c28-16-1-13(2-17(29)7-16)22-10-25-37(34-22)26-11-23(14-3-18(30)8-19(31)4-14)36-39(26)27-12-24(35-38(25)27)15-5-20(32)9-21(33)6-15/h1-12H. The number of rotatable bonds is 3. The van der Waals surface area contributed by atoms with Crippen LogP contribution < -0.4 is 0 Å². The molecule has 12 heteroatoms. The Bertz CT molecular complexity index is 1710. The van der Waals surface area contributed by atoms with Crippen LogP contribution in [0.5, 0.6) is 0 Å². The molecule has 7 rings (SSSR count). The van der Waals surface area contributed by atoms with E-state index in [0.717, 1.165) is 54.6 Å². The van der Waals surface area contributed by atoms with Crippen LogP contribution in [-0.4, -0.2) is 28.8 Å². The third-order valence-electron chi connectivity index (χ3n) is 6.20. The zero-order valence-corrected chi connectivity index (χ0v) is 19.4. The summed E-state index contributed by atoms with van der Waals surface area (Å²) in [6.07, 6.45) is 0. The molecular formula is C27H12F6N6. The Morgan fingerprint density at radius 2 is 0.564 bits per heavy atom. The van der Waals surface area contributed by atoms with Crippen molar-refractivity contribution in [1.82, 2.24) is 28.8 Å². The van der Waals surface area contributed by atoms with Crippen LogP contribution in [0.2, 0.25) is 0 Å². The summed E-state index contributed by atoms with van der Waals surface area (Å²) < 4.78 is 87.9. The van der Waals surface area contributed by atoms with Crippen molar-refractivity contribution >= 4 is 16.9 Å². The van der Waals surface area contributed by atoms with Gasteiger partial charge in [0, 0.05) is 53.1 Å². The monoisotopic (exact) mass is 534 g/mol. The second kappa shape index (κ2) is 8.18. The molecule has 4 aromatic heterocycles. The molecule has 6 nitrogen and oxygen atoms in total. The van der Waals surface area contributed by atoms with Gasteiger partial charge in [0.1, 0.15) is 34.9 Å². The summed E-state index contributed by atoms with van der Waals surface area (Å²) in [5.74, 6) is -4.80. The van der Waals surface area contributed by atoms with E-state index < -0.39 is 34.9 Å². The van der Waals surface area contributed by atoms with Gasteiger partial charge < -0.3 is 0 Å². The molecule has 192 valence electrons. The van der Waals surface area contributed by atoms with E-state index >= 15 is 0 Å². The quantitative estimate of drug-likeness (QED) is 0.245. The maximum absolute atomic E-state index is 14.0. The van der Waals surface area contributed by atoms with Crippen molar-refractivity contribution in [3.05, 3.63) is 108 Å². The van der Waals surface area contributed by atoms with Crippen molar-refractivity contribution in [3.8, 4) is 33.8 Å². The van der Waals surface area contributed by atoms with Gasteiger partial charge in [-0.3, -0.25) is 0 Å². The lowest BCUT2D eigenvalue weighted by Crippen LogP contribution is -2.04. The molecule has 0 fully saturated rings. The lowest BCUT2D eigenvalue weighted by molar-refractivity contribution is 0.583. The minimum absolute atomic E-state index is 0.147. The summed E-state index contributed by atoms with van der Waals surface area (Å²) >= 11 is 0. The molecule has 0 saturated carbocycles. The van der Waals surface area contributed by atoms with Crippen LogP contribution in [-0.2, 0) is 0 Å². The molecule has 0 unspecified atom stereocenters. The van der Waals surface area contributed by atoms with Crippen molar-refractivity contribution in [2.45, 2.75) is 0 Å². The molecule has 0 radical (unpaired) electrons. The normalized spacial score (nSPS) is 11.8. The van der Waals surface area contributed by atoms with Gasteiger partial charge in [0.25, 0.3) is 0 Å². The first-order valence-electron chi connectivity index (χ1n) is 11.4. The minimum Gasteiger partial charge on any atom is -0.207 e. The summed E-state index contributed by atoms with van der Waals surface area (Å²) in [6, 6.07) is 13.4. The Labute approximate surface area is 214 Å². The summed E-state index contributed by atoms with van der Waals surface area (Å²) in [4.78, 5) is 0. The molecule has 0 aliphatic heterocycles. The highest BCUT2D eigenvalue weighted by Gasteiger charge is 2.20. The lowest BCUT2D eigenvalue weighted by atomic mass is 10.1. The summed E-state index contributed by atoms with van der Waals surface area (Å²) in [5, 5.41) is 13.5. The zero-order chi connectivity index (χ0) is 27.0. The zero-order valence-electron chi connectivity index (χ0n) is 19.4. The molecule has 0 aliphatic carbocycles. The van der Waals surface area contributed by atoms with Gasteiger partial charge in [0.15, 0.2) is 16.9 Å². The van der Waals surface area contributed by atoms with Crippen molar-refractivity contribution in [2.75, 3.05) is 0 Å². The predicted molar refractivity (Wildman–Crippen MR) is 129 cm³/mol. The molecule has 0 amide bonds. The first kappa shape index (κ1) is 23.0. The molecule has 0 saturated heterocycles. The SMILES string of the molecule is Fc1cc(F)cc(-c2cc3n(n2)c2cc(-c4cc(F)cc(F)c4)nn2c2cc(-c4cc(F)cc(F)c4)nn32)c1. The van der Waals surface area contributed by atoms with E-state index in [2.05, 4.69) is 15.3 Å². The van der Waals surface area contributed by atoms with E-state index in [1.54, 1.807) is 0 Å². The van der Waals surface area contributed by atoms with Gasteiger partial charge in [-0.15, -0.1) is 0 Å². The van der Waals surface area contributed by atoms with Gasteiger partial charge in [-0.05, 0) is 36.4 Å². The predicted octanol–water partition coefficient (Wildman–Crippen LogP) is 6.47. The van der Waals surface area contributed by atoms with Crippen molar-refractivity contribution in [2.24, 2.45) is 0 Å². The molecule has 4 heterocycles. The first-order chi connectivity index (χ1) is 18.7. The third-order valence-corrected chi connectivity index (χ3v) is 6.20. The van der Waals surface area contributed by atoms with E-state index in [4.69, 9.17) is 0 Å². The molecule has 39 heavy (non-hydrogen) atoms. The number of hydrogen-bond acceptors (Lipinski definition) is 3. The van der Waals surface area contributed by atoms with Crippen molar-refractivity contribution < 1.29 is 26.3 Å². The Kier molecular flexibility index (Phi) is 4.83. The van der Waals surface area contributed by atoms with Crippen LogP contribution in [0.25, 0.3) is 50.7 Å². The van der Waals surface area contributed by atoms with E-state index in [9.17, 15) is 26.3 Å². The van der Waals surface area contributed by atoms with Gasteiger partial charge >= 0.3 is 0 Å². The number of hydrogen-bond donors (Lipinski definition) is 0. The highest BCUT2D eigenvalue weighted by molar-refractivity contribution is 5.75. The highest BCUT2D eigenvalue weighted by atomic mass is 19.2. The molecule has 7 aromatic rings. The minimum atomic E-state index is -0.799. The van der Waals surface area contributed by atoms with Crippen LogP contribution in [0.4, 0.5) is 26.3 Å². The Morgan fingerprint density at radius 1 is 0.333 bits per heavy atom. The maximum Gasteiger partial charge on any atom is 0.162 e. The van der Waals surface area contributed by atoms with Gasteiger partial charge in [0.2, 0.25) is 0 Å². The molecule has 0 aliphatic rings. The first-order valence-corrected chi connectivity index (χ1v) is 11.4. The Hall–Kier alpha value is -5.13. The van der Waals surface area contributed by atoms with Crippen LogP contribution in [0, 0.1) is 34.9 Å². The van der Waals surface area contributed by atoms with Gasteiger partial charge in [-0.2, -0.15) is 28.8 Å². The number of nitrogens with zero attached hydrogens (tertiary/aromatic N) is 6. The molecule has 0 bridgehead atoms. The third kappa shape index (κ3) is 3.79. The van der Waals surface area contributed by atoms with Gasteiger partial charge in [-0.25, -0.2) is 26.3 Å². The molecule has 3 aromatic carbocycles. The van der Waals surface area contributed by atoms with Crippen LogP contribution in [0.1, 0.15) is 0 Å². The lowest BCUT2D eigenvalue weighted by Gasteiger charge is -2.01. The smallest absolute Gasteiger partial charge is 0.162 e. The Balaban J connectivity index is 1.55. The number of halogens is 6. The van der Waals surface area contributed by atoms with Crippen LogP contribution in [0.15, 0.2) is 72.8 Å². The van der Waals surface area contributed by atoms with Crippen LogP contribution in [0.3, 0.4) is 0 Å². The summed E-state index contributed by atoms with van der Waals surface area (Å²) in [5.41, 5.74) is 1.96. The van der Waals surface area contributed by atoms with E-state index in [1.165, 1.54) is 31.7 Å². The second-order valence-corrected chi connectivity index (χ2v) is 8.87. The molecule has 0 atom stereocenters. The fourth-order valence-corrected chi connectivity index (χ4v) is 4.60. The molecular weight excluding hydrogens is 522 g/mol. The number of fused-ring (bicyclic) bond motifs is 6. The fourth-order valence-electron chi connectivity index (χ4n) is 4.60. The largest absolute Gasteiger partial charge is 0.207 e. The summed E-state index contributed by atoms with van der Waals surface area (Å²) in [6.45, 7) is 0. The van der Waals surface area contributed by atoms with Gasteiger partial charge in [-0.1, -0.05) is 0 Å². The van der Waals surface area contributed by atoms with E-state index in [0.29, 0.717) is 16.9 Å². The fraction of sp³-hybridized carbons (Fsp3) is 0. The van der Waals surface area contributed by atoms with Crippen molar-refractivity contribution in [1.29, 1.82) is 0 Å². The second-order valence-electron chi connectivity index (χ2n) is 8.87. The highest BCUT2D eigenvalue weighted by Crippen LogP contribution is 2.29.